The average Bonchev–Trinajstić information content (AvgIpc) is 3.28. The summed E-state index contributed by atoms with van der Waals surface area (Å²) in [7, 11) is 0. The van der Waals surface area contributed by atoms with E-state index in [4.69, 9.17) is 0 Å². The first-order valence-electron chi connectivity index (χ1n) is 6.92. The van der Waals surface area contributed by atoms with Crippen molar-refractivity contribution >= 4 is 17.5 Å². The molecule has 6 nitrogen and oxygen atoms in total. The van der Waals surface area contributed by atoms with Crippen LogP contribution < -0.4 is 10.4 Å². The molecule has 1 aromatic heterocycles. The summed E-state index contributed by atoms with van der Waals surface area (Å²) in [6, 6.07) is 5.67. The number of ether oxygens (including phenoxy) is 1. The van der Waals surface area contributed by atoms with Crippen LogP contribution >= 0.6 is 11.8 Å². The van der Waals surface area contributed by atoms with E-state index in [1.807, 2.05) is 0 Å². The lowest BCUT2D eigenvalue weighted by molar-refractivity contribution is -0.0498. The number of nitrogens with one attached hydrogen (secondary N) is 1. The zero-order valence-electron chi connectivity index (χ0n) is 11.9. The van der Waals surface area contributed by atoms with Crippen LogP contribution in [-0.4, -0.2) is 32.9 Å². The molecular formula is C14H13F2N3O3S. The number of nitrogens with zero attached hydrogens (tertiary/aromatic N) is 2. The molecule has 2 aromatic rings. The van der Waals surface area contributed by atoms with E-state index < -0.39 is 6.61 Å². The summed E-state index contributed by atoms with van der Waals surface area (Å²) in [4.78, 5) is 23.8. The minimum Gasteiger partial charge on any atom is -0.435 e. The molecule has 1 aliphatic rings. The smallest absolute Gasteiger partial charge is 0.387 e. The Morgan fingerprint density at radius 1 is 1.39 bits per heavy atom. The number of Topliss-reactive ketones (excluding diaryl/α,β-unsaturated/α-hetero) is 1. The van der Waals surface area contributed by atoms with Crippen molar-refractivity contribution in [1.82, 2.24) is 14.8 Å². The van der Waals surface area contributed by atoms with E-state index in [2.05, 4.69) is 14.9 Å². The standard InChI is InChI=1S/C14H13F2N3O3S/c15-12(16)22-10-5-1-8(2-6-10)11(20)7-23-14-18-17-13(21)19(14)9-3-4-9/h1-2,5-6,9,12H,3-4,7H2,(H,17,21). The predicted octanol–water partition coefficient (Wildman–Crippen LogP) is 2.48. The van der Waals surface area contributed by atoms with Crippen molar-refractivity contribution in [2.75, 3.05) is 5.75 Å². The molecule has 23 heavy (non-hydrogen) atoms. The summed E-state index contributed by atoms with van der Waals surface area (Å²) in [6.07, 6.45) is 1.87. The monoisotopic (exact) mass is 341 g/mol. The largest absolute Gasteiger partial charge is 0.435 e. The van der Waals surface area contributed by atoms with Gasteiger partial charge in [0.05, 0.1) is 5.75 Å². The molecule has 1 heterocycles. The van der Waals surface area contributed by atoms with Crippen molar-refractivity contribution in [1.29, 1.82) is 0 Å². The number of ketones is 1. The highest BCUT2D eigenvalue weighted by Gasteiger charge is 2.28. The van der Waals surface area contributed by atoms with Crippen LogP contribution in [0.25, 0.3) is 0 Å². The second kappa shape index (κ2) is 6.53. The quantitative estimate of drug-likeness (QED) is 0.618. The second-order valence-corrected chi connectivity index (χ2v) is 5.97. The number of benzene rings is 1. The van der Waals surface area contributed by atoms with Crippen molar-refractivity contribution in [3.8, 4) is 5.75 Å². The summed E-state index contributed by atoms with van der Waals surface area (Å²) >= 11 is 1.17. The molecule has 1 saturated carbocycles. The summed E-state index contributed by atoms with van der Waals surface area (Å²) in [5, 5.41) is 6.80. The van der Waals surface area contributed by atoms with Gasteiger partial charge in [-0.05, 0) is 37.1 Å². The van der Waals surface area contributed by atoms with Crippen LogP contribution in [0.3, 0.4) is 0 Å². The fourth-order valence-corrected chi connectivity index (χ4v) is 2.99. The molecule has 0 spiro atoms. The Balaban J connectivity index is 1.62. The fraction of sp³-hybridized carbons (Fsp3) is 0.357. The van der Waals surface area contributed by atoms with Gasteiger partial charge in [-0.25, -0.2) is 9.89 Å². The average molecular weight is 341 g/mol. The van der Waals surface area contributed by atoms with Gasteiger partial charge in [0, 0.05) is 11.6 Å². The van der Waals surface area contributed by atoms with E-state index in [1.54, 1.807) is 4.57 Å². The predicted molar refractivity (Wildman–Crippen MR) is 79.2 cm³/mol. The number of carbonyl (C=O) groups is 1. The molecule has 1 fully saturated rings. The van der Waals surface area contributed by atoms with E-state index in [0.29, 0.717) is 10.7 Å². The molecule has 9 heteroatoms. The van der Waals surface area contributed by atoms with Gasteiger partial charge >= 0.3 is 12.3 Å². The number of halogens is 2. The van der Waals surface area contributed by atoms with Crippen molar-refractivity contribution < 1.29 is 18.3 Å². The van der Waals surface area contributed by atoms with Gasteiger partial charge in [0.15, 0.2) is 10.9 Å². The summed E-state index contributed by atoms with van der Waals surface area (Å²) in [6.45, 7) is -2.90. The molecule has 0 atom stereocenters. The Morgan fingerprint density at radius 2 is 2.09 bits per heavy atom. The first kappa shape index (κ1) is 15.7. The number of aromatic nitrogens is 3. The van der Waals surface area contributed by atoms with Crippen LogP contribution in [0.5, 0.6) is 5.75 Å². The van der Waals surface area contributed by atoms with E-state index >= 15 is 0 Å². The maximum atomic E-state index is 12.1. The van der Waals surface area contributed by atoms with Crippen LogP contribution in [0, 0.1) is 0 Å². The van der Waals surface area contributed by atoms with E-state index in [1.165, 1.54) is 36.0 Å². The highest BCUT2D eigenvalue weighted by molar-refractivity contribution is 7.99. The molecule has 1 aromatic carbocycles. The van der Waals surface area contributed by atoms with Gasteiger partial charge in [0.25, 0.3) is 0 Å². The zero-order chi connectivity index (χ0) is 16.4. The Hall–Kier alpha value is -2.16. The molecule has 0 radical (unpaired) electrons. The molecule has 0 saturated heterocycles. The fourth-order valence-electron chi connectivity index (χ4n) is 2.08. The van der Waals surface area contributed by atoms with Crippen molar-refractivity contribution in [2.24, 2.45) is 0 Å². The third-order valence-corrected chi connectivity index (χ3v) is 4.27. The number of thioether (sulfide) groups is 1. The van der Waals surface area contributed by atoms with Gasteiger partial charge < -0.3 is 4.74 Å². The number of alkyl halides is 2. The third-order valence-electron chi connectivity index (χ3n) is 3.32. The lowest BCUT2D eigenvalue weighted by Gasteiger charge is -2.06. The van der Waals surface area contributed by atoms with Crippen LogP contribution in [0.15, 0.2) is 34.2 Å². The van der Waals surface area contributed by atoms with E-state index in [9.17, 15) is 18.4 Å². The molecular weight excluding hydrogens is 328 g/mol. The molecule has 122 valence electrons. The minimum absolute atomic E-state index is 0.000855. The molecule has 0 unspecified atom stereocenters. The lowest BCUT2D eigenvalue weighted by Crippen LogP contribution is -2.16. The highest BCUT2D eigenvalue weighted by Crippen LogP contribution is 2.36. The van der Waals surface area contributed by atoms with Gasteiger partial charge in [-0.2, -0.15) is 8.78 Å². The van der Waals surface area contributed by atoms with Gasteiger partial charge in [-0.3, -0.25) is 9.36 Å². The Bertz CT molecular complexity index is 753. The van der Waals surface area contributed by atoms with Crippen LogP contribution in [0.2, 0.25) is 0 Å². The molecule has 1 aliphatic carbocycles. The lowest BCUT2D eigenvalue weighted by atomic mass is 10.1. The Morgan fingerprint density at radius 3 is 2.70 bits per heavy atom. The minimum atomic E-state index is -2.90. The zero-order valence-corrected chi connectivity index (χ0v) is 12.7. The first-order valence-corrected chi connectivity index (χ1v) is 7.91. The van der Waals surface area contributed by atoms with Gasteiger partial charge in [-0.1, -0.05) is 11.8 Å². The normalized spacial score (nSPS) is 14.2. The SMILES string of the molecule is O=C(CSc1n[nH]c(=O)n1C1CC1)c1ccc(OC(F)F)cc1. The summed E-state index contributed by atoms with van der Waals surface area (Å²) < 4.78 is 29.9. The third kappa shape index (κ3) is 3.79. The Labute approximate surface area is 133 Å². The summed E-state index contributed by atoms with van der Waals surface area (Å²) in [5.74, 6) is -0.0815. The van der Waals surface area contributed by atoms with Crippen LogP contribution in [-0.2, 0) is 0 Å². The van der Waals surface area contributed by atoms with Gasteiger partial charge in [0.2, 0.25) is 0 Å². The number of hydrogen-bond acceptors (Lipinski definition) is 5. The molecule has 3 rings (SSSR count). The molecule has 0 bridgehead atoms. The highest BCUT2D eigenvalue weighted by atomic mass is 32.2. The molecule has 1 N–H and O–H groups in total. The van der Waals surface area contributed by atoms with Crippen LogP contribution in [0.1, 0.15) is 29.2 Å². The van der Waals surface area contributed by atoms with Crippen LogP contribution in [0.4, 0.5) is 8.78 Å². The van der Waals surface area contributed by atoms with Crippen molar-refractivity contribution in [3.05, 3.63) is 40.3 Å². The van der Waals surface area contributed by atoms with Crippen molar-refractivity contribution in [3.63, 3.8) is 0 Å². The number of H-pyrrole nitrogens is 1. The number of carbonyl (C=O) groups excluding carboxylic acids is 1. The van der Waals surface area contributed by atoms with E-state index in [-0.39, 0.29) is 29.0 Å². The second-order valence-electron chi connectivity index (χ2n) is 5.03. The Kier molecular flexibility index (Phi) is 4.46. The van der Waals surface area contributed by atoms with Gasteiger partial charge in [-0.15, -0.1) is 5.10 Å². The topological polar surface area (TPSA) is 77.0 Å². The maximum Gasteiger partial charge on any atom is 0.387 e. The number of hydrogen-bond donors (Lipinski definition) is 1. The molecule has 0 aliphatic heterocycles. The first-order chi connectivity index (χ1) is 11.0. The summed E-state index contributed by atoms with van der Waals surface area (Å²) in [5.41, 5.74) is 0.117. The van der Waals surface area contributed by atoms with E-state index in [0.717, 1.165) is 12.8 Å². The maximum absolute atomic E-state index is 12.1. The number of aromatic amines is 1. The van der Waals surface area contributed by atoms with Gasteiger partial charge in [0.1, 0.15) is 5.75 Å². The number of rotatable bonds is 7. The van der Waals surface area contributed by atoms with Crippen molar-refractivity contribution in [2.45, 2.75) is 30.7 Å². The molecule has 0 amide bonds.